The van der Waals surface area contributed by atoms with Gasteiger partial charge in [-0.15, -0.1) is 0 Å². The molecule has 1 aromatic carbocycles. The molecule has 0 aliphatic carbocycles. The van der Waals surface area contributed by atoms with E-state index >= 15 is 0 Å². The van der Waals surface area contributed by atoms with Crippen LogP contribution in [-0.2, 0) is 16.0 Å². The predicted octanol–water partition coefficient (Wildman–Crippen LogP) is 1.88. The first kappa shape index (κ1) is 15.2. The van der Waals surface area contributed by atoms with E-state index in [1.54, 1.807) is 19.2 Å². The average molecular weight is 289 g/mol. The van der Waals surface area contributed by atoms with E-state index < -0.39 is 5.92 Å². The number of amides is 2. The maximum Gasteiger partial charge on any atom is 0.230 e. The molecule has 0 radical (unpaired) electrons. The second kappa shape index (κ2) is 6.52. The van der Waals surface area contributed by atoms with Crippen molar-refractivity contribution < 1.29 is 19.1 Å². The van der Waals surface area contributed by atoms with Crippen molar-refractivity contribution in [3.63, 3.8) is 0 Å². The number of carbonyl (C=O) groups is 3. The van der Waals surface area contributed by atoms with Crippen molar-refractivity contribution in [3.8, 4) is 5.75 Å². The first-order valence-corrected chi connectivity index (χ1v) is 7.09. The van der Waals surface area contributed by atoms with Crippen LogP contribution in [0.4, 0.5) is 0 Å². The lowest BCUT2D eigenvalue weighted by molar-refractivity contribution is -0.136. The summed E-state index contributed by atoms with van der Waals surface area (Å²) in [7, 11) is 1.57. The Kier molecular flexibility index (Phi) is 4.73. The lowest BCUT2D eigenvalue weighted by atomic mass is 9.89. The molecule has 1 aliphatic heterocycles. The average Bonchev–Trinajstić information content (AvgIpc) is 2.49. The van der Waals surface area contributed by atoms with E-state index in [0.717, 1.165) is 5.56 Å². The molecule has 1 aliphatic rings. The molecular weight excluding hydrogens is 270 g/mol. The van der Waals surface area contributed by atoms with Crippen LogP contribution in [0.15, 0.2) is 18.2 Å². The van der Waals surface area contributed by atoms with Crippen molar-refractivity contribution in [2.75, 3.05) is 7.11 Å². The summed E-state index contributed by atoms with van der Waals surface area (Å²) in [4.78, 5) is 35.3. The van der Waals surface area contributed by atoms with Crippen molar-refractivity contribution in [2.45, 2.75) is 32.6 Å². The molecule has 0 spiro atoms. The molecule has 2 rings (SSSR count). The standard InChI is InChI=1S/C16H19NO4/c1-3-11-12(5-4-6-14(11)21-2)13(18)9-10-7-8-15(19)17-16(10)20/h4-6,10H,3,7-9H2,1-2H3,(H,17,19,20). The summed E-state index contributed by atoms with van der Waals surface area (Å²) < 4.78 is 5.28. The van der Waals surface area contributed by atoms with Crippen LogP contribution < -0.4 is 10.1 Å². The van der Waals surface area contributed by atoms with Crippen LogP contribution in [0, 0.1) is 5.92 Å². The van der Waals surface area contributed by atoms with Crippen LogP contribution in [0.2, 0.25) is 0 Å². The van der Waals surface area contributed by atoms with Gasteiger partial charge in [0.25, 0.3) is 0 Å². The number of Topliss-reactive ketones (excluding diaryl/α,β-unsaturated/α-hetero) is 1. The van der Waals surface area contributed by atoms with Crippen molar-refractivity contribution in [1.29, 1.82) is 0 Å². The number of rotatable bonds is 5. The topological polar surface area (TPSA) is 72.5 Å². The maximum atomic E-state index is 12.5. The third-order valence-electron chi connectivity index (χ3n) is 3.79. The van der Waals surface area contributed by atoms with Crippen molar-refractivity contribution in [2.24, 2.45) is 5.92 Å². The third-order valence-corrected chi connectivity index (χ3v) is 3.79. The first-order valence-electron chi connectivity index (χ1n) is 7.09. The van der Waals surface area contributed by atoms with Gasteiger partial charge in [0.2, 0.25) is 11.8 Å². The molecule has 0 aromatic heterocycles. The Balaban J connectivity index is 2.17. The van der Waals surface area contributed by atoms with E-state index in [-0.39, 0.29) is 24.0 Å². The summed E-state index contributed by atoms with van der Waals surface area (Å²) in [6, 6.07) is 5.35. The molecule has 1 unspecified atom stereocenters. The summed E-state index contributed by atoms with van der Waals surface area (Å²) >= 11 is 0. The van der Waals surface area contributed by atoms with E-state index in [1.165, 1.54) is 0 Å². The van der Waals surface area contributed by atoms with E-state index in [9.17, 15) is 14.4 Å². The quantitative estimate of drug-likeness (QED) is 0.663. The van der Waals surface area contributed by atoms with Crippen LogP contribution in [0.3, 0.4) is 0 Å². The molecule has 1 saturated heterocycles. The highest BCUT2D eigenvalue weighted by atomic mass is 16.5. The lowest BCUT2D eigenvalue weighted by Crippen LogP contribution is -2.41. The van der Waals surface area contributed by atoms with Crippen molar-refractivity contribution >= 4 is 17.6 Å². The number of ether oxygens (including phenoxy) is 1. The second-order valence-electron chi connectivity index (χ2n) is 5.12. The zero-order chi connectivity index (χ0) is 15.4. The molecule has 112 valence electrons. The number of nitrogens with one attached hydrogen (secondary N) is 1. The molecule has 5 heteroatoms. The number of hydrogen-bond donors (Lipinski definition) is 1. The van der Waals surface area contributed by atoms with Crippen LogP contribution in [0.25, 0.3) is 0 Å². The van der Waals surface area contributed by atoms with E-state index in [4.69, 9.17) is 4.74 Å². The number of carbonyl (C=O) groups excluding carboxylic acids is 3. The van der Waals surface area contributed by atoms with Gasteiger partial charge in [-0.3, -0.25) is 19.7 Å². The molecule has 21 heavy (non-hydrogen) atoms. The third kappa shape index (κ3) is 3.29. The van der Waals surface area contributed by atoms with Gasteiger partial charge in [0.1, 0.15) is 5.75 Å². The Morgan fingerprint density at radius 2 is 2.14 bits per heavy atom. The number of imide groups is 1. The van der Waals surface area contributed by atoms with Crippen LogP contribution in [0.5, 0.6) is 5.75 Å². The number of piperidine rings is 1. The van der Waals surface area contributed by atoms with Gasteiger partial charge in [-0.1, -0.05) is 19.1 Å². The fraction of sp³-hybridized carbons (Fsp3) is 0.438. The van der Waals surface area contributed by atoms with Gasteiger partial charge in [0, 0.05) is 29.9 Å². The van der Waals surface area contributed by atoms with E-state index in [0.29, 0.717) is 30.6 Å². The fourth-order valence-corrected chi connectivity index (χ4v) is 2.65. The highest BCUT2D eigenvalue weighted by Gasteiger charge is 2.29. The molecule has 1 atom stereocenters. The Morgan fingerprint density at radius 3 is 2.76 bits per heavy atom. The smallest absolute Gasteiger partial charge is 0.230 e. The number of methoxy groups -OCH3 is 1. The molecule has 0 bridgehead atoms. The first-order chi connectivity index (χ1) is 10.1. The molecule has 1 aromatic rings. The Morgan fingerprint density at radius 1 is 1.38 bits per heavy atom. The highest BCUT2D eigenvalue weighted by molar-refractivity contribution is 6.04. The molecule has 1 heterocycles. The molecule has 1 N–H and O–H groups in total. The highest BCUT2D eigenvalue weighted by Crippen LogP contribution is 2.26. The lowest BCUT2D eigenvalue weighted by Gasteiger charge is -2.20. The van der Waals surface area contributed by atoms with Gasteiger partial charge in [-0.05, 0) is 18.9 Å². The predicted molar refractivity (Wildman–Crippen MR) is 77.2 cm³/mol. The fourth-order valence-electron chi connectivity index (χ4n) is 2.65. The van der Waals surface area contributed by atoms with Crippen LogP contribution in [0.1, 0.15) is 42.1 Å². The number of ketones is 1. The normalized spacial score (nSPS) is 18.3. The van der Waals surface area contributed by atoms with Crippen LogP contribution in [-0.4, -0.2) is 24.7 Å². The van der Waals surface area contributed by atoms with Gasteiger partial charge in [-0.2, -0.15) is 0 Å². The van der Waals surface area contributed by atoms with E-state index in [1.807, 2.05) is 13.0 Å². The minimum atomic E-state index is -0.425. The largest absolute Gasteiger partial charge is 0.496 e. The monoisotopic (exact) mass is 289 g/mol. The van der Waals surface area contributed by atoms with Crippen LogP contribution >= 0.6 is 0 Å². The summed E-state index contributed by atoms with van der Waals surface area (Å²) in [5.74, 6) is -0.433. The summed E-state index contributed by atoms with van der Waals surface area (Å²) in [5.41, 5.74) is 1.46. The number of benzene rings is 1. The molecule has 5 nitrogen and oxygen atoms in total. The molecule has 1 fully saturated rings. The molecule has 2 amide bonds. The minimum Gasteiger partial charge on any atom is -0.496 e. The van der Waals surface area contributed by atoms with Gasteiger partial charge >= 0.3 is 0 Å². The molecular formula is C16H19NO4. The SMILES string of the molecule is CCc1c(OC)cccc1C(=O)CC1CCC(=O)NC1=O. The van der Waals surface area contributed by atoms with Gasteiger partial charge in [0.15, 0.2) is 5.78 Å². The summed E-state index contributed by atoms with van der Waals surface area (Å²) in [6.45, 7) is 1.96. The van der Waals surface area contributed by atoms with Crippen molar-refractivity contribution in [3.05, 3.63) is 29.3 Å². The summed E-state index contributed by atoms with van der Waals surface area (Å²) in [6.07, 6.45) is 1.53. The zero-order valence-electron chi connectivity index (χ0n) is 12.3. The summed E-state index contributed by atoms with van der Waals surface area (Å²) in [5, 5.41) is 2.28. The second-order valence-corrected chi connectivity index (χ2v) is 5.12. The Hall–Kier alpha value is -2.17. The van der Waals surface area contributed by atoms with Gasteiger partial charge in [-0.25, -0.2) is 0 Å². The zero-order valence-corrected chi connectivity index (χ0v) is 12.3. The number of hydrogen-bond acceptors (Lipinski definition) is 4. The van der Waals surface area contributed by atoms with Gasteiger partial charge in [0.05, 0.1) is 7.11 Å². The van der Waals surface area contributed by atoms with Gasteiger partial charge < -0.3 is 4.74 Å². The Bertz CT molecular complexity index is 580. The van der Waals surface area contributed by atoms with E-state index in [2.05, 4.69) is 5.32 Å². The van der Waals surface area contributed by atoms with Crippen molar-refractivity contribution in [1.82, 2.24) is 5.32 Å². The maximum absolute atomic E-state index is 12.5. The minimum absolute atomic E-state index is 0.0831. The molecule has 0 saturated carbocycles. The Labute approximate surface area is 123 Å².